The molecule has 1 atom stereocenters. The minimum Gasteiger partial charge on any atom is -0.441 e. The molecule has 0 radical (unpaired) electrons. The van der Waals surface area contributed by atoms with E-state index in [-0.39, 0.29) is 24.2 Å². The number of rotatable bonds is 4. The summed E-state index contributed by atoms with van der Waals surface area (Å²) in [6, 6.07) is 18.6. The molecule has 0 bridgehead atoms. The molecule has 1 fully saturated rings. The first-order chi connectivity index (χ1) is 17.0. The Kier molecular flexibility index (Phi) is 5.37. The van der Waals surface area contributed by atoms with E-state index in [2.05, 4.69) is 26.6 Å². The number of carbonyl (C=O) groups is 2. The second-order valence-corrected chi connectivity index (χ2v) is 9.24. The predicted octanol–water partition coefficient (Wildman–Crippen LogP) is 5.41. The summed E-state index contributed by atoms with van der Waals surface area (Å²) in [5, 5.41) is 7.79. The van der Waals surface area contributed by atoms with Crippen molar-refractivity contribution in [1.29, 1.82) is 0 Å². The zero-order chi connectivity index (χ0) is 23.9. The van der Waals surface area contributed by atoms with Gasteiger partial charge in [0, 0.05) is 33.4 Å². The quantitative estimate of drug-likeness (QED) is 0.371. The number of nitrogens with one attached hydrogen (secondary N) is 3. The molecule has 2 aliphatic rings. The molecule has 1 saturated heterocycles. The van der Waals surface area contributed by atoms with Gasteiger partial charge >= 0.3 is 6.09 Å². The number of likely N-dealkylation sites (tertiary alicyclic amines) is 1. The van der Waals surface area contributed by atoms with Crippen molar-refractivity contribution < 1.29 is 18.7 Å². The number of fused-ring (bicyclic) bond motifs is 4. The number of nitrogens with zero attached hydrogens (tertiary/aromatic N) is 1. The molecule has 178 valence electrons. The third-order valence-corrected chi connectivity index (χ3v) is 7.03. The highest BCUT2D eigenvalue weighted by Crippen LogP contribution is 2.41. The second-order valence-electron chi connectivity index (χ2n) is 9.24. The lowest BCUT2D eigenvalue weighted by Gasteiger charge is -2.37. The largest absolute Gasteiger partial charge is 0.441 e. The Morgan fingerprint density at radius 2 is 1.83 bits per heavy atom. The number of piperidine rings is 1. The number of para-hydroxylation sites is 1. The SMILES string of the molecule is O=C(CN1CCC(C2OC(=O)Nc3cccc(F)c32)CC1)Nc1ccc2[nH]c3ccccc3c2c1. The number of ether oxygens (including phenoxy) is 1. The second kappa shape index (κ2) is 8.70. The van der Waals surface area contributed by atoms with Gasteiger partial charge in [0.1, 0.15) is 11.9 Å². The first-order valence-electron chi connectivity index (χ1n) is 11.8. The molecule has 8 heteroatoms. The smallest absolute Gasteiger partial charge is 0.412 e. The Morgan fingerprint density at radius 3 is 2.69 bits per heavy atom. The van der Waals surface area contributed by atoms with Gasteiger partial charge in [0.05, 0.1) is 17.8 Å². The fraction of sp³-hybridized carbons (Fsp3) is 0.259. The molecule has 0 spiro atoms. The van der Waals surface area contributed by atoms with Gasteiger partial charge in [-0.3, -0.25) is 15.0 Å². The standard InChI is InChI=1S/C27H25FN4O3/c28-20-5-3-7-23-25(20)26(35-27(34)31-23)16-10-12-32(13-11-16)15-24(33)29-17-8-9-22-19(14-17)18-4-1-2-6-21(18)30-22/h1-9,14,16,26,30H,10-13,15H2,(H,29,33)(H,31,34). The topological polar surface area (TPSA) is 86.5 Å². The van der Waals surface area contributed by atoms with Crippen LogP contribution in [0.3, 0.4) is 0 Å². The maximum atomic E-state index is 14.5. The molecular weight excluding hydrogens is 447 g/mol. The minimum atomic E-state index is -0.612. The summed E-state index contributed by atoms with van der Waals surface area (Å²) in [7, 11) is 0. The Hall–Kier alpha value is -3.91. The fourth-order valence-electron chi connectivity index (χ4n) is 5.32. The Balaban J connectivity index is 1.09. The number of H-pyrrole nitrogens is 1. The summed E-state index contributed by atoms with van der Waals surface area (Å²) < 4.78 is 20.0. The number of halogens is 1. The molecule has 1 unspecified atom stereocenters. The van der Waals surface area contributed by atoms with Gasteiger partial charge in [-0.25, -0.2) is 9.18 Å². The number of anilines is 2. The minimum absolute atomic E-state index is 0.000269. The van der Waals surface area contributed by atoms with Gasteiger partial charge in [0.15, 0.2) is 0 Å². The van der Waals surface area contributed by atoms with Crippen molar-refractivity contribution in [3.63, 3.8) is 0 Å². The van der Waals surface area contributed by atoms with Crippen LogP contribution in [0.2, 0.25) is 0 Å². The first-order valence-corrected chi connectivity index (χ1v) is 11.8. The van der Waals surface area contributed by atoms with E-state index in [0.29, 0.717) is 37.2 Å². The van der Waals surface area contributed by atoms with Crippen LogP contribution < -0.4 is 10.6 Å². The lowest BCUT2D eigenvalue weighted by atomic mass is 9.86. The Bertz CT molecular complexity index is 1440. The van der Waals surface area contributed by atoms with Crippen LogP contribution in [0.15, 0.2) is 60.7 Å². The van der Waals surface area contributed by atoms with Crippen LogP contribution in [0.4, 0.5) is 20.6 Å². The number of aromatic amines is 1. The maximum absolute atomic E-state index is 14.5. The van der Waals surface area contributed by atoms with Gasteiger partial charge in [-0.15, -0.1) is 0 Å². The van der Waals surface area contributed by atoms with Gasteiger partial charge in [0.25, 0.3) is 0 Å². The Labute approximate surface area is 201 Å². The molecule has 2 aliphatic heterocycles. The van der Waals surface area contributed by atoms with E-state index in [9.17, 15) is 14.0 Å². The highest BCUT2D eigenvalue weighted by Gasteiger charge is 2.37. The van der Waals surface area contributed by atoms with Crippen molar-refractivity contribution in [2.24, 2.45) is 5.92 Å². The fourth-order valence-corrected chi connectivity index (χ4v) is 5.32. The third kappa shape index (κ3) is 4.10. The molecule has 3 N–H and O–H groups in total. The van der Waals surface area contributed by atoms with Crippen molar-refractivity contribution in [3.8, 4) is 0 Å². The van der Waals surface area contributed by atoms with E-state index in [4.69, 9.17) is 4.74 Å². The summed E-state index contributed by atoms with van der Waals surface area (Å²) in [5.41, 5.74) is 3.74. The number of hydrogen-bond acceptors (Lipinski definition) is 4. The van der Waals surface area contributed by atoms with Gasteiger partial charge in [0.2, 0.25) is 5.91 Å². The summed E-state index contributed by atoms with van der Waals surface area (Å²) in [4.78, 5) is 30.2. The molecule has 1 aromatic heterocycles. The summed E-state index contributed by atoms with van der Waals surface area (Å²) in [6.07, 6.45) is 0.251. The molecule has 7 nitrogen and oxygen atoms in total. The number of amides is 2. The van der Waals surface area contributed by atoms with Crippen molar-refractivity contribution in [2.45, 2.75) is 18.9 Å². The number of hydrogen-bond donors (Lipinski definition) is 3. The van der Waals surface area contributed by atoms with Crippen molar-refractivity contribution in [1.82, 2.24) is 9.88 Å². The highest BCUT2D eigenvalue weighted by molar-refractivity contribution is 6.09. The number of cyclic esters (lactones) is 1. The average Bonchev–Trinajstić information content (AvgIpc) is 3.22. The predicted molar refractivity (Wildman–Crippen MR) is 133 cm³/mol. The Morgan fingerprint density at radius 1 is 1.03 bits per heavy atom. The van der Waals surface area contributed by atoms with Gasteiger partial charge in [-0.1, -0.05) is 24.3 Å². The zero-order valence-corrected chi connectivity index (χ0v) is 19.0. The zero-order valence-electron chi connectivity index (χ0n) is 19.0. The van der Waals surface area contributed by atoms with Gasteiger partial charge in [-0.2, -0.15) is 0 Å². The van der Waals surface area contributed by atoms with Crippen LogP contribution in [-0.4, -0.2) is 41.5 Å². The molecule has 0 aliphatic carbocycles. The molecule has 0 saturated carbocycles. The molecule has 3 heterocycles. The molecule has 6 rings (SSSR count). The van der Waals surface area contributed by atoms with Crippen LogP contribution >= 0.6 is 0 Å². The van der Waals surface area contributed by atoms with E-state index < -0.39 is 12.2 Å². The van der Waals surface area contributed by atoms with Crippen LogP contribution in [-0.2, 0) is 9.53 Å². The van der Waals surface area contributed by atoms with Crippen LogP contribution in [0.5, 0.6) is 0 Å². The third-order valence-electron chi connectivity index (χ3n) is 7.03. The molecule has 35 heavy (non-hydrogen) atoms. The number of aromatic nitrogens is 1. The van der Waals surface area contributed by atoms with Crippen molar-refractivity contribution in [3.05, 3.63) is 72.0 Å². The molecule has 4 aromatic rings. The average molecular weight is 473 g/mol. The molecule has 2 amide bonds. The normalized spacial score (nSPS) is 18.8. The van der Waals surface area contributed by atoms with E-state index in [1.165, 1.54) is 6.07 Å². The number of carbonyl (C=O) groups excluding carboxylic acids is 2. The van der Waals surface area contributed by atoms with Crippen molar-refractivity contribution in [2.75, 3.05) is 30.3 Å². The highest BCUT2D eigenvalue weighted by atomic mass is 19.1. The van der Waals surface area contributed by atoms with Gasteiger partial charge in [-0.05, 0) is 62.3 Å². The summed E-state index contributed by atoms with van der Waals surface area (Å²) in [5.74, 6) is -0.450. The lowest BCUT2D eigenvalue weighted by molar-refractivity contribution is -0.117. The summed E-state index contributed by atoms with van der Waals surface area (Å²) >= 11 is 0. The molecule has 3 aromatic carbocycles. The van der Waals surface area contributed by atoms with Crippen molar-refractivity contribution >= 4 is 45.2 Å². The maximum Gasteiger partial charge on any atom is 0.412 e. The van der Waals surface area contributed by atoms with Crippen LogP contribution in [0.25, 0.3) is 21.8 Å². The van der Waals surface area contributed by atoms with Gasteiger partial charge < -0.3 is 15.0 Å². The lowest BCUT2D eigenvalue weighted by Crippen LogP contribution is -2.41. The monoisotopic (exact) mass is 472 g/mol. The number of benzene rings is 3. The van der Waals surface area contributed by atoms with E-state index in [1.54, 1.807) is 12.1 Å². The van der Waals surface area contributed by atoms with E-state index in [0.717, 1.165) is 27.5 Å². The summed E-state index contributed by atoms with van der Waals surface area (Å²) in [6.45, 7) is 1.62. The van der Waals surface area contributed by atoms with E-state index >= 15 is 0 Å². The van der Waals surface area contributed by atoms with Crippen LogP contribution in [0.1, 0.15) is 24.5 Å². The van der Waals surface area contributed by atoms with E-state index in [1.807, 2.05) is 36.4 Å². The van der Waals surface area contributed by atoms with Crippen LogP contribution in [0, 0.1) is 11.7 Å². The molecular formula is C27H25FN4O3. The first kappa shape index (κ1) is 21.6.